The van der Waals surface area contributed by atoms with Crippen molar-refractivity contribution in [3.63, 3.8) is 0 Å². The first-order chi connectivity index (χ1) is 11.8. The van der Waals surface area contributed by atoms with Crippen LogP contribution in [0.25, 0.3) is 0 Å². The van der Waals surface area contributed by atoms with E-state index >= 15 is 0 Å². The Kier molecular flexibility index (Phi) is 11.8. The van der Waals surface area contributed by atoms with Crippen LogP contribution in [0, 0.1) is 0 Å². The van der Waals surface area contributed by atoms with Gasteiger partial charge in [-0.1, -0.05) is 6.92 Å². The number of piperidine rings is 1. The number of unbranched alkanes of at least 4 members (excludes halogenated alkanes) is 1. The van der Waals surface area contributed by atoms with Crippen molar-refractivity contribution in [3.05, 3.63) is 12.7 Å². The Bertz CT molecular complexity index is 456. The molecule has 0 unspecified atom stereocenters. The van der Waals surface area contributed by atoms with E-state index < -0.39 is 0 Å². The molecule has 0 saturated carbocycles. The smallest absolute Gasteiger partial charge is 0.191 e. The maximum absolute atomic E-state index is 4.72. The van der Waals surface area contributed by atoms with Crippen LogP contribution in [0.4, 0.5) is 0 Å². The predicted octanol–water partition coefficient (Wildman–Crippen LogP) is 2.11. The second-order valence-electron chi connectivity index (χ2n) is 6.43. The lowest BCUT2D eigenvalue weighted by Crippen LogP contribution is -2.48. The van der Waals surface area contributed by atoms with Gasteiger partial charge in [0, 0.05) is 38.8 Å². The van der Waals surface area contributed by atoms with Crippen LogP contribution in [0.15, 0.2) is 17.6 Å². The number of aromatic nitrogens is 3. The van der Waals surface area contributed by atoms with Gasteiger partial charge in [0.05, 0.1) is 0 Å². The van der Waals surface area contributed by atoms with Gasteiger partial charge in [-0.05, 0) is 45.6 Å². The molecule has 2 heterocycles. The Hall–Kier alpha value is -0.900. The molecule has 2 N–H and O–H groups in total. The fourth-order valence-corrected chi connectivity index (χ4v) is 3.07. The first-order valence-corrected chi connectivity index (χ1v) is 9.41. The van der Waals surface area contributed by atoms with Crippen molar-refractivity contribution < 1.29 is 0 Å². The number of hydrogen-bond acceptors (Lipinski definition) is 4. The van der Waals surface area contributed by atoms with Crippen molar-refractivity contribution in [1.29, 1.82) is 0 Å². The van der Waals surface area contributed by atoms with Crippen LogP contribution in [0.3, 0.4) is 0 Å². The van der Waals surface area contributed by atoms with E-state index in [0.717, 1.165) is 38.4 Å². The molecular weight excluding hydrogens is 429 g/mol. The van der Waals surface area contributed by atoms with E-state index in [-0.39, 0.29) is 24.0 Å². The summed E-state index contributed by atoms with van der Waals surface area (Å²) in [6.07, 6.45) is 9.35. The average molecular weight is 463 g/mol. The number of hydrogen-bond donors (Lipinski definition) is 2. The largest absolute Gasteiger partial charge is 0.357 e. The lowest BCUT2D eigenvalue weighted by Gasteiger charge is -2.32. The van der Waals surface area contributed by atoms with E-state index in [4.69, 9.17) is 4.99 Å². The zero-order valence-corrected chi connectivity index (χ0v) is 18.0. The number of guanidine groups is 1. The molecular formula is C17H34IN7. The molecule has 7 nitrogen and oxygen atoms in total. The minimum Gasteiger partial charge on any atom is -0.357 e. The molecule has 1 aromatic heterocycles. The number of nitrogens with zero attached hydrogens (tertiary/aromatic N) is 5. The van der Waals surface area contributed by atoms with E-state index in [0.29, 0.717) is 6.04 Å². The number of rotatable bonds is 9. The normalized spacial score (nSPS) is 16.5. The molecule has 0 radical (unpaired) electrons. The van der Waals surface area contributed by atoms with Gasteiger partial charge >= 0.3 is 0 Å². The standard InChI is InChI=1S/C17H33N7.HI/c1-3-10-23-12-7-16(8-13-23)22-17(18-4-2)19-9-5-6-11-24-14-20-21-15-24;/h14-16H,3-13H2,1-2H3,(H2,18,19,22);1H. The van der Waals surface area contributed by atoms with Gasteiger partial charge in [0.1, 0.15) is 12.7 Å². The maximum Gasteiger partial charge on any atom is 0.191 e. The van der Waals surface area contributed by atoms with E-state index in [2.05, 4.69) is 39.6 Å². The van der Waals surface area contributed by atoms with Gasteiger partial charge in [-0.3, -0.25) is 4.99 Å². The summed E-state index contributed by atoms with van der Waals surface area (Å²) in [5.74, 6) is 0.968. The summed E-state index contributed by atoms with van der Waals surface area (Å²) < 4.78 is 2.01. The SMILES string of the molecule is CCCN1CCC(NC(=NCCCCn2cnnc2)NCC)CC1.I. The predicted molar refractivity (Wildman–Crippen MR) is 114 cm³/mol. The number of nitrogens with one attached hydrogen (secondary N) is 2. The number of aryl methyl sites for hydroxylation is 1. The molecule has 0 spiro atoms. The minimum atomic E-state index is 0. The third kappa shape index (κ3) is 8.84. The van der Waals surface area contributed by atoms with Crippen LogP contribution in [-0.4, -0.2) is 64.4 Å². The van der Waals surface area contributed by atoms with Crippen molar-refractivity contribution in [2.45, 2.75) is 58.5 Å². The summed E-state index contributed by atoms with van der Waals surface area (Å²) in [4.78, 5) is 7.28. The van der Waals surface area contributed by atoms with Gasteiger partial charge in [-0.15, -0.1) is 34.2 Å². The Morgan fingerprint density at radius 3 is 2.48 bits per heavy atom. The van der Waals surface area contributed by atoms with Crippen molar-refractivity contribution in [3.8, 4) is 0 Å². The maximum atomic E-state index is 4.72. The fraction of sp³-hybridized carbons (Fsp3) is 0.824. The topological polar surface area (TPSA) is 70.4 Å². The second kappa shape index (κ2) is 13.3. The molecule has 0 amide bonds. The van der Waals surface area contributed by atoms with Crippen molar-refractivity contribution in [1.82, 2.24) is 30.3 Å². The Balaban J connectivity index is 0.00000312. The monoisotopic (exact) mass is 463 g/mol. The van der Waals surface area contributed by atoms with Crippen LogP contribution in [-0.2, 0) is 6.54 Å². The Morgan fingerprint density at radius 2 is 1.84 bits per heavy atom. The summed E-state index contributed by atoms with van der Waals surface area (Å²) in [6, 6.07) is 0.549. The molecule has 0 aliphatic carbocycles. The van der Waals surface area contributed by atoms with Crippen LogP contribution in [0.1, 0.15) is 46.0 Å². The van der Waals surface area contributed by atoms with Gasteiger partial charge in [0.25, 0.3) is 0 Å². The molecule has 25 heavy (non-hydrogen) atoms. The van der Waals surface area contributed by atoms with Crippen molar-refractivity contribution in [2.75, 3.05) is 32.7 Å². The summed E-state index contributed by atoms with van der Waals surface area (Å²) in [5.41, 5.74) is 0. The molecule has 0 aromatic carbocycles. The molecule has 2 rings (SSSR count). The molecule has 8 heteroatoms. The first kappa shape index (κ1) is 22.1. The van der Waals surface area contributed by atoms with E-state index in [1.54, 1.807) is 12.7 Å². The highest BCUT2D eigenvalue weighted by molar-refractivity contribution is 14.0. The minimum absolute atomic E-state index is 0. The Morgan fingerprint density at radius 1 is 1.12 bits per heavy atom. The van der Waals surface area contributed by atoms with E-state index in [9.17, 15) is 0 Å². The quantitative estimate of drug-likeness (QED) is 0.254. The highest BCUT2D eigenvalue weighted by Gasteiger charge is 2.19. The number of aliphatic imine (C=N–C) groups is 1. The van der Waals surface area contributed by atoms with Gasteiger partial charge in [-0.25, -0.2) is 0 Å². The first-order valence-electron chi connectivity index (χ1n) is 9.41. The van der Waals surface area contributed by atoms with Crippen molar-refractivity contribution >= 4 is 29.9 Å². The fourth-order valence-electron chi connectivity index (χ4n) is 3.07. The third-order valence-electron chi connectivity index (χ3n) is 4.37. The molecule has 144 valence electrons. The van der Waals surface area contributed by atoms with Gasteiger partial charge in [0.2, 0.25) is 0 Å². The lowest BCUT2D eigenvalue weighted by molar-refractivity contribution is 0.206. The highest BCUT2D eigenvalue weighted by Crippen LogP contribution is 2.10. The molecule has 1 saturated heterocycles. The average Bonchev–Trinajstić information content (AvgIpc) is 3.10. The second-order valence-corrected chi connectivity index (χ2v) is 6.43. The summed E-state index contributed by atoms with van der Waals surface area (Å²) in [7, 11) is 0. The number of likely N-dealkylation sites (tertiary alicyclic amines) is 1. The molecule has 0 atom stereocenters. The Labute approximate surface area is 169 Å². The molecule has 1 fully saturated rings. The summed E-state index contributed by atoms with van der Waals surface area (Å²) >= 11 is 0. The van der Waals surface area contributed by atoms with Crippen LogP contribution in [0.5, 0.6) is 0 Å². The van der Waals surface area contributed by atoms with E-state index in [1.807, 2.05) is 4.57 Å². The molecule has 0 bridgehead atoms. The van der Waals surface area contributed by atoms with Gasteiger partial charge in [0.15, 0.2) is 5.96 Å². The van der Waals surface area contributed by atoms with Crippen LogP contribution in [0.2, 0.25) is 0 Å². The number of halogens is 1. The van der Waals surface area contributed by atoms with E-state index in [1.165, 1.54) is 38.9 Å². The zero-order chi connectivity index (χ0) is 17.0. The van der Waals surface area contributed by atoms with Gasteiger partial charge in [-0.2, -0.15) is 0 Å². The summed E-state index contributed by atoms with van der Waals surface area (Å²) in [5, 5.41) is 14.6. The lowest BCUT2D eigenvalue weighted by atomic mass is 10.1. The molecule has 1 aliphatic rings. The van der Waals surface area contributed by atoms with Gasteiger partial charge < -0.3 is 20.1 Å². The summed E-state index contributed by atoms with van der Waals surface area (Å²) in [6.45, 7) is 10.7. The van der Waals surface area contributed by atoms with Crippen LogP contribution < -0.4 is 10.6 Å². The van der Waals surface area contributed by atoms with Crippen molar-refractivity contribution in [2.24, 2.45) is 4.99 Å². The molecule has 1 aromatic rings. The highest BCUT2D eigenvalue weighted by atomic mass is 127. The zero-order valence-electron chi connectivity index (χ0n) is 15.7. The third-order valence-corrected chi connectivity index (χ3v) is 4.37. The molecule has 1 aliphatic heterocycles. The van der Waals surface area contributed by atoms with Crippen LogP contribution >= 0.6 is 24.0 Å².